The third-order valence-electron chi connectivity index (χ3n) is 3.62. The molecular formula is C13H28N2O3. The van der Waals surface area contributed by atoms with Crippen LogP contribution < -0.4 is 5.32 Å². The third kappa shape index (κ3) is 5.80. The van der Waals surface area contributed by atoms with E-state index in [-0.39, 0.29) is 0 Å². The second-order valence-corrected chi connectivity index (χ2v) is 5.13. The highest BCUT2D eigenvalue weighted by Gasteiger charge is 2.30. The van der Waals surface area contributed by atoms with Crippen LogP contribution in [0.3, 0.4) is 0 Å². The molecule has 0 aliphatic heterocycles. The number of carbonyl (C=O) groups is 1. The molecule has 0 saturated carbocycles. The van der Waals surface area contributed by atoms with Crippen LogP contribution in [0.4, 0.5) is 0 Å². The van der Waals surface area contributed by atoms with Gasteiger partial charge in [0.2, 0.25) is 0 Å². The van der Waals surface area contributed by atoms with E-state index in [9.17, 15) is 4.79 Å². The summed E-state index contributed by atoms with van der Waals surface area (Å²) in [6.07, 6.45) is 2.54. The van der Waals surface area contributed by atoms with Gasteiger partial charge in [0.25, 0.3) is 0 Å². The number of nitrogens with zero attached hydrogens (tertiary/aromatic N) is 1. The Morgan fingerprint density at radius 3 is 2.56 bits per heavy atom. The van der Waals surface area contributed by atoms with E-state index in [1.54, 1.807) is 21.1 Å². The third-order valence-corrected chi connectivity index (χ3v) is 3.62. The summed E-state index contributed by atoms with van der Waals surface area (Å²) >= 11 is 0. The molecule has 0 saturated heterocycles. The summed E-state index contributed by atoms with van der Waals surface area (Å²) in [5.74, 6) is -0.786. The Morgan fingerprint density at radius 2 is 2.11 bits per heavy atom. The predicted octanol–water partition coefficient (Wildman–Crippen LogP) is 1.19. The Labute approximate surface area is 110 Å². The van der Waals surface area contributed by atoms with Gasteiger partial charge in [0.1, 0.15) is 5.54 Å². The van der Waals surface area contributed by atoms with Crippen molar-refractivity contribution in [1.29, 1.82) is 0 Å². The number of nitrogens with one attached hydrogen (secondary N) is 1. The predicted molar refractivity (Wildman–Crippen MR) is 72.9 cm³/mol. The fraction of sp³-hybridized carbons (Fsp3) is 0.923. The summed E-state index contributed by atoms with van der Waals surface area (Å²) in [5, 5.41) is 12.0. The normalized spacial score (nSPS) is 16.6. The Balaban J connectivity index is 3.88. The van der Waals surface area contributed by atoms with Crippen molar-refractivity contribution in [1.82, 2.24) is 10.2 Å². The largest absolute Gasteiger partial charge is 0.480 e. The van der Waals surface area contributed by atoms with Crippen LogP contribution in [-0.2, 0) is 9.53 Å². The molecule has 0 rings (SSSR count). The first-order valence-corrected chi connectivity index (χ1v) is 6.49. The minimum atomic E-state index is -0.809. The molecule has 2 N–H and O–H groups in total. The van der Waals surface area contributed by atoms with Gasteiger partial charge in [-0.1, -0.05) is 0 Å². The fourth-order valence-corrected chi connectivity index (χ4v) is 1.77. The summed E-state index contributed by atoms with van der Waals surface area (Å²) in [4.78, 5) is 13.3. The van der Waals surface area contributed by atoms with Gasteiger partial charge in [0, 0.05) is 13.2 Å². The quantitative estimate of drug-likeness (QED) is 0.578. The maximum Gasteiger partial charge on any atom is 0.323 e. The lowest BCUT2D eigenvalue weighted by atomic mass is 9.95. The van der Waals surface area contributed by atoms with Crippen molar-refractivity contribution in [2.75, 3.05) is 34.4 Å². The number of aliphatic carboxylic acids is 1. The molecule has 2 unspecified atom stereocenters. The summed E-state index contributed by atoms with van der Waals surface area (Å²) in [7, 11) is 5.47. The molecule has 0 aromatic heterocycles. The number of carboxylic acids is 1. The number of hydrogen-bond donors (Lipinski definition) is 2. The Hall–Kier alpha value is -0.650. The zero-order chi connectivity index (χ0) is 14.2. The van der Waals surface area contributed by atoms with Crippen LogP contribution in [0.2, 0.25) is 0 Å². The highest BCUT2D eigenvalue weighted by atomic mass is 16.5. The molecule has 0 radical (unpaired) electrons. The van der Waals surface area contributed by atoms with Crippen LogP contribution in [0.5, 0.6) is 0 Å². The minimum Gasteiger partial charge on any atom is -0.480 e. The average Bonchev–Trinajstić information content (AvgIpc) is 2.33. The van der Waals surface area contributed by atoms with Crippen LogP contribution >= 0.6 is 0 Å². The smallest absolute Gasteiger partial charge is 0.323 e. The van der Waals surface area contributed by atoms with Gasteiger partial charge < -0.3 is 20.1 Å². The maximum absolute atomic E-state index is 11.1. The standard InChI is InChI=1S/C13H28N2O3/c1-11(10-18-5)15(4)9-7-6-8-13(2,14-3)12(16)17/h11,14H,6-10H2,1-5H3,(H,16,17). The maximum atomic E-state index is 11.1. The first kappa shape index (κ1) is 17.4. The molecule has 0 fully saturated rings. The van der Waals surface area contributed by atoms with Crippen molar-refractivity contribution in [3.63, 3.8) is 0 Å². The zero-order valence-corrected chi connectivity index (χ0v) is 12.3. The number of ether oxygens (including phenoxy) is 1. The monoisotopic (exact) mass is 260 g/mol. The molecule has 2 atom stereocenters. The highest BCUT2D eigenvalue weighted by Crippen LogP contribution is 2.14. The molecule has 0 bridgehead atoms. The van der Waals surface area contributed by atoms with Crippen molar-refractivity contribution in [3.8, 4) is 0 Å². The molecule has 0 aliphatic rings. The van der Waals surface area contributed by atoms with Crippen LogP contribution in [0.1, 0.15) is 33.1 Å². The van der Waals surface area contributed by atoms with E-state index in [1.165, 1.54) is 0 Å². The van der Waals surface area contributed by atoms with E-state index in [0.29, 0.717) is 12.5 Å². The second kappa shape index (κ2) is 8.45. The summed E-state index contributed by atoms with van der Waals surface area (Å²) in [5.41, 5.74) is -0.809. The van der Waals surface area contributed by atoms with Gasteiger partial charge >= 0.3 is 5.97 Å². The van der Waals surface area contributed by atoms with Crippen molar-refractivity contribution >= 4 is 5.97 Å². The lowest BCUT2D eigenvalue weighted by Crippen LogP contribution is -2.47. The molecule has 18 heavy (non-hydrogen) atoms. The molecule has 0 amide bonds. The van der Waals surface area contributed by atoms with E-state index in [4.69, 9.17) is 9.84 Å². The number of likely N-dealkylation sites (N-methyl/N-ethyl adjacent to an activating group) is 2. The Morgan fingerprint density at radius 1 is 1.50 bits per heavy atom. The van der Waals surface area contributed by atoms with E-state index in [1.807, 2.05) is 0 Å². The molecule has 0 spiro atoms. The molecular weight excluding hydrogens is 232 g/mol. The van der Waals surface area contributed by atoms with Gasteiger partial charge in [-0.15, -0.1) is 0 Å². The summed E-state index contributed by atoms with van der Waals surface area (Å²) in [6.45, 7) is 5.54. The average molecular weight is 260 g/mol. The van der Waals surface area contributed by atoms with Crippen molar-refractivity contribution in [2.45, 2.75) is 44.7 Å². The number of rotatable bonds is 10. The molecule has 0 aromatic carbocycles. The summed E-state index contributed by atoms with van der Waals surface area (Å²) in [6, 6.07) is 0.394. The highest BCUT2D eigenvalue weighted by molar-refractivity contribution is 5.78. The van der Waals surface area contributed by atoms with E-state index < -0.39 is 11.5 Å². The first-order valence-electron chi connectivity index (χ1n) is 6.49. The van der Waals surface area contributed by atoms with Gasteiger partial charge in [-0.25, -0.2) is 0 Å². The minimum absolute atomic E-state index is 0.394. The van der Waals surface area contributed by atoms with Gasteiger partial charge in [-0.05, 0) is 53.8 Å². The SMILES string of the molecule is CNC(C)(CCCCN(C)C(C)COC)C(=O)O. The van der Waals surface area contributed by atoms with E-state index in [0.717, 1.165) is 26.0 Å². The van der Waals surface area contributed by atoms with Crippen molar-refractivity contribution in [3.05, 3.63) is 0 Å². The van der Waals surface area contributed by atoms with Gasteiger partial charge in [-0.3, -0.25) is 4.79 Å². The first-order chi connectivity index (χ1) is 8.37. The van der Waals surface area contributed by atoms with Crippen LogP contribution in [0, 0.1) is 0 Å². The second-order valence-electron chi connectivity index (χ2n) is 5.13. The molecule has 0 aliphatic carbocycles. The topological polar surface area (TPSA) is 61.8 Å². The van der Waals surface area contributed by atoms with Crippen LogP contribution in [0.15, 0.2) is 0 Å². The lowest BCUT2D eigenvalue weighted by molar-refractivity contribution is -0.144. The van der Waals surface area contributed by atoms with E-state index >= 15 is 0 Å². The Kier molecular flexibility index (Phi) is 8.15. The number of carboxylic acid groups (broad SMARTS) is 1. The number of unbranched alkanes of at least 4 members (excludes halogenated alkanes) is 1. The van der Waals surface area contributed by atoms with Crippen molar-refractivity contribution < 1.29 is 14.6 Å². The van der Waals surface area contributed by atoms with E-state index in [2.05, 4.69) is 24.2 Å². The molecule has 5 nitrogen and oxygen atoms in total. The van der Waals surface area contributed by atoms with Crippen LogP contribution in [0.25, 0.3) is 0 Å². The van der Waals surface area contributed by atoms with Gasteiger partial charge in [-0.2, -0.15) is 0 Å². The molecule has 0 aromatic rings. The van der Waals surface area contributed by atoms with Gasteiger partial charge in [0.05, 0.1) is 6.61 Å². The molecule has 108 valence electrons. The molecule has 0 heterocycles. The molecule has 5 heteroatoms. The Bertz CT molecular complexity index is 248. The zero-order valence-electron chi connectivity index (χ0n) is 12.3. The van der Waals surface area contributed by atoms with Crippen LogP contribution in [-0.4, -0.2) is 61.9 Å². The van der Waals surface area contributed by atoms with Crippen molar-refractivity contribution in [2.24, 2.45) is 0 Å². The lowest BCUT2D eigenvalue weighted by Gasteiger charge is -2.26. The fourth-order valence-electron chi connectivity index (χ4n) is 1.77. The van der Waals surface area contributed by atoms with Gasteiger partial charge in [0.15, 0.2) is 0 Å². The number of methoxy groups -OCH3 is 1. The summed E-state index contributed by atoms with van der Waals surface area (Å²) < 4.78 is 5.10. The number of hydrogen-bond acceptors (Lipinski definition) is 4.